The van der Waals surface area contributed by atoms with Gasteiger partial charge in [-0.25, -0.2) is 4.79 Å². The highest BCUT2D eigenvalue weighted by Crippen LogP contribution is 2.18. The fraction of sp³-hybridized carbons (Fsp3) is 0.389. The predicted molar refractivity (Wildman–Crippen MR) is 107 cm³/mol. The van der Waals surface area contributed by atoms with Gasteiger partial charge >= 0.3 is 5.97 Å². The van der Waals surface area contributed by atoms with Gasteiger partial charge in [-0.2, -0.15) is 12.6 Å². The van der Waals surface area contributed by atoms with Crippen LogP contribution in [0.2, 0.25) is 0 Å². The fourth-order valence-electron chi connectivity index (χ4n) is 2.74. The molecule has 0 radical (unpaired) electrons. The Hall–Kier alpha value is -2.56. The first-order valence-electron chi connectivity index (χ1n) is 8.67. The lowest BCUT2D eigenvalue weighted by atomic mass is 10.0. The maximum absolute atomic E-state index is 12.4. The minimum absolute atomic E-state index is 0.137. The number of benzene rings is 1. The summed E-state index contributed by atoms with van der Waals surface area (Å²) < 4.78 is 0. The van der Waals surface area contributed by atoms with E-state index in [2.05, 4.69) is 28.2 Å². The highest BCUT2D eigenvalue weighted by Gasteiger charge is 2.30. The molecule has 9 nitrogen and oxygen atoms in total. The summed E-state index contributed by atoms with van der Waals surface area (Å²) in [5.41, 5.74) is 7.74. The van der Waals surface area contributed by atoms with E-state index in [1.165, 1.54) is 6.92 Å². The molecule has 0 saturated carbocycles. The molecule has 0 spiro atoms. The standard InChI is InChI=1S/C18H24N4O5S/c1-9(23)15(17(25)21-14(8-28)18(26)27)22-16(24)12(19)6-10-7-20-13-5-3-2-4-11(10)13/h2-5,7,9,12,14-15,20,23,28H,6,8,19H2,1H3,(H,21,25)(H,22,24)(H,26,27)/t9-,12+,14+,15+/m1/s1. The van der Waals surface area contributed by atoms with Gasteiger partial charge in [0.25, 0.3) is 0 Å². The third-order valence-corrected chi connectivity index (χ3v) is 4.68. The number of nitrogens with two attached hydrogens (primary N) is 1. The van der Waals surface area contributed by atoms with Crippen LogP contribution in [0.3, 0.4) is 0 Å². The number of carboxylic acid groups (broad SMARTS) is 1. The molecule has 4 atom stereocenters. The monoisotopic (exact) mass is 408 g/mol. The number of carbonyl (C=O) groups is 3. The molecule has 0 bridgehead atoms. The minimum Gasteiger partial charge on any atom is -0.480 e. The molecule has 1 aromatic carbocycles. The number of hydrogen-bond acceptors (Lipinski definition) is 6. The molecule has 7 N–H and O–H groups in total. The van der Waals surface area contributed by atoms with Gasteiger partial charge in [0.2, 0.25) is 11.8 Å². The highest BCUT2D eigenvalue weighted by atomic mass is 32.1. The first-order valence-corrected chi connectivity index (χ1v) is 9.31. The van der Waals surface area contributed by atoms with E-state index in [0.29, 0.717) is 0 Å². The number of aromatic amines is 1. The predicted octanol–water partition coefficient (Wildman–Crippen LogP) is -0.597. The zero-order valence-electron chi connectivity index (χ0n) is 15.3. The number of amides is 2. The summed E-state index contributed by atoms with van der Waals surface area (Å²) in [6.45, 7) is 1.31. The molecular formula is C18H24N4O5S. The Bertz CT molecular complexity index is 853. The van der Waals surface area contributed by atoms with Crippen LogP contribution in [0, 0.1) is 0 Å². The van der Waals surface area contributed by atoms with E-state index in [0.717, 1.165) is 16.5 Å². The third kappa shape index (κ3) is 5.24. The van der Waals surface area contributed by atoms with E-state index in [1.807, 2.05) is 24.3 Å². The summed E-state index contributed by atoms with van der Waals surface area (Å²) in [4.78, 5) is 38.9. The summed E-state index contributed by atoms with van der Waals surface area (Å²) in [6, 6.07) is 4.01. The van der Waals surface area contributed by atoms with Crippen LogP contribution in [0.5, 0.6) is 0 Å². The number of nitrogens with one attached hydrogen (secondary N) is 3. The maximum Gasteiger partial charge on any atom is 0.327 e. The summed E-state index contributed by atoms with van der Waals surface area (Å²) >= 11 is 3.86. The molecule has 28 heavy (non-hydrogen) atoms. The molecule has 0 aliphatic rings. The molecule has 1 heterocycles. The summed E-state index contributed by atoms with van der Waals surface area (Å²) in [5.74, 6) is -2.87. The maximum atomic E-state index is 12.4. The van der Waals surface area contributed by atoms with Gasteiger partial charge in [0.05, 0.1) is 12.1 Å². The molecule has 0 unspecified atom stereocenters. The second-order valence-corrected chi connectivity index (χ2v) is 6.84. The zero-order chi connectivity index (χ0) is 20.8. The van der Waals surface area contributed by atoms with E-state index in [4.69, 9.17) is 10.8 Å². The molecule has 2 amide bonds. The van der Waals surface area contributed by atoms with Crippen molar-refractivity contribution in [2.45, 2.75) is 37.6 Å². The summed E-state index contributed by atoms with van der Waals surface area (Å²) in [5, 5.41) is 24.4. The van der Waals surface area contributed by atoms with Gasteiger partial charge in [-0.05, 0) is 25.0 Å². The van der Waals surface area contributed by atoms with E-state index in [9.17, 15) is 19.5 Å². The van der Waals surface area contributed by atoms with Crippen LogP contribution in [-0.2, 0) is 20.8 Å². The molecule has 1 aromatic heterocycles. The number of fused-ring (bicyclic) bond motifs is 1. The van der Waals surface area contributed by atoms with Crippen LogP contribution in [0.25, 0.3) is 10.9 Å². The Balaban J connectivity index is 2.04. The van der Waals surface area contributed by atoms with E-state index >= 15 is 0 Å². The van der Waals surface area contributed by atoms with Crippen LogP contribution in [0.4, 0.5) is 0 Å². The first-order chi connectivity index (χ1) is 13.2. The van der Waals surface area contributed by atoms with Gasteiger partial charge in [-0.3, -0.25) is 9.59 Å². The van der Waals surface area contributed by atoms with Crippen molar-refractivity contribution in [2.75, 3.05) is 5.75 Å². The van der Waals surface area contributed by atoms with Gasteiger partial charge in [0.1, 0.15) is 12.1 Å². The Morgan fingerprint density at radius 1 is 1.21 bits per heavy atom. The van der Waals surface area contributed by atoms with Gasteiger partial charge in [-0.15, -0.1) is 0 Å². The number of aliphatic carboxylic acids is 1. The van der Waals surface area contributed by atoms with Crippen LogP contribution in [-0.4, -0.2) is 63.0 Å². The number of H-pyrrole nitrogens is 1. The number of para-hydroxylation sites is 1. The Labute approximate surface area is 167 Å². The molecule has 0 saturated heterocycles. The topological polar surface area (TPSA) is 158 Å². The average molecular weight is 408 g/mol. The largest absolute Gasteiger partial charge is 0.480 e. The Morgan fingerprint density at radius 2 is 1.89 bits per heavy atom. The number of hydrogen-bond donors (Lipinski definition) is 7. The van der Waals surface area contributed by atoms with E-state index in [-0.39, 0.29) is 12.2 Å². The number of aromatic nitrogens is 1. The first kappa shape index (κ1) is 21.7. The van der Waals surface area contributed by atoms with Crippen LogP contribution in [0.1, 0.15) is 12.5 Å². The molecule has 0 fully saturated rings. The lowest BCUT2D eigenvalue weighted by molar-refractivity contribution is -0.142. The van der Waals surface area contributed by atoms with Crippen molar-refractivity contribution in [3.05, 3.63) is 36.0 Å². The second-order valence-electron chi connectivity index (χ2n) is 6.48. The second kappa shape index (κ2) is 9.58. The Morgan fingerprint density at radius 3 is 2.50 bits per heavy atom. The summed E-state index contributed by atoms with van der Waals surface area (Å²) in [7, 11) is 0. The van der Waals surface area contributed by atoms with Crippen molar-refractivity contribution < 1.29 is 24.6 Å². The fourth-order valence-corrected chi connectivity index (χ4v) is 2.99. The third-order valence-electron chi connectivity index (χ3n) is 4.31. The quantitative estimate of drug-likeness (QED) is 0.275. The lowest BCUT2D eigenvalue weighted by Crippen LogP contribution is -2.58. The van der Waals surface area contributed by atoms with Crippen molar-refractivity contribution in [3.63, 3.8) is 0 Å². The molecule has 0 aliphatic heterocycles. The highest BCUT2D eigenvalue weighted by molar-refractivity contribution is 7.80. The molecule has 0 aliphatic carbocycles. The Kier molecular flexibility index (Phi) is 7.44. The number of carbonyl (C=O) groups excluding carboxylic acids is 2. The van der Waals surface area contributed by atoms with E-state index < -0.39 is 42.0 Å². The van der Waals surface area contributed by atoms with Crippen LogP contribution >= 0.6 is 12.6 Å². The normalized spacial score (nSPS) is 15.4. The van der Waals surface area contributed by atoms with Gasteiger partial charge < -0.3 is 31.6 Å². The van der Waals surface area contributed by atoms with Crippen LogP contribution < -0.4 is 16.4 Å². The van der Waals surface area contributed by atoms with Crippen LogP contribution in [0.15, 0.2) is 30.5 Å². The van der Waals surface area contributed by atoms with Gasteiger partial charge in [0, 0.05) is 22.9 Å². The average Bonchev–Trinajstić information content (AvgIpc) is 3.06. The number of aliphatic hydroxyl groups excluding tert-OH is 1. The van der Waals surface area contributed by atoms with E-state index in [1.54, 1.807) is 6.20 Å². The number of thiol groups is 1. The minimum atomic E-state index is -1.34. The molecule has 2 rings (SSSR count). The van der Waals surface area contributed by atoms with Crippen molar-refractivity contribution in [2.24, 2.45) is 5.73 Å². The molecular weight excluding hydrogens is 384 g/mol. The van der Waals surface area contributed by atoms with Crippen molar-refractivity contribution >= 4 is 41.3 Å². The number of aliphatic hydroxyl groups is 1. The SMILES string of the molecule is C[C@@H](O)[C@H](NC(=O)[C@@H](N)Cc1c[nH]c2ccccc12)C(=O)N[C@@H](CS)C(=O)O. The smallest absolute Gasteiger partial charge is 0.327 e. The van der Waals surface area contributed by atoms with Crippen molar-refractivity contribution in [1.29, 1.82) is 0 Å². The van der Waals surface area contributed by atoms with Crippen molar-refractivity contribution in [1.82, 2.24) is 15.6 Å². The number of rotatable bonds is 9. The van der Waals surface area contributed by atoms with Crippen molar-refractivity contribution in [3.8, 4) is 0 Å². The molecule has 10 heteroatoms. The number of carboxylic acids is 1. The molecule has 152 valence electrons. The zero-order valence-corrected chi connectivity index (χ0v) is 16.1. The van der Waals surface area contributed by atoms with Gasteiger partial charge in [0.15, 0.2) is 0 Å². The van der Waals surface area contributed by atoms with Gasteiger partial charge in [-0.1, -0.05) is 18.2 Å². The lowest BCUT2D eigenvalue weighted by Gasteiger charge is -2.24. The molecule has 2 aromatic rings. The summed E-state index contributed by atoms with van der Waals surface area (Å²) in [6.07, 6.45) is 0.734.